The predicted molar refractivity (Wildman–Crippen MR) is 104 cm³/mol. The van der Waals surface area contributed by atoms with E-state index < -0.39 is 11.7 Å². The number of nitrogens with zero attached hydrogens (tertiary/aromatic N) is 2. The first-order valence-electron chi connectivity index (χ1n) is 8.35. The van der Waals surface area contributed by atoms with Crippen molar-refractivity contribution in [3.63, 3.8) is 0 Å². The average molecular weight is 369 g/mol. The summed E-state index contributed by atoms with van der Waals surface area (Å²) in [6.45, 7) is 5.06. The molecule has 8 heteroatoms. The molecule has 0 fully saturated rings. The van der Waals surface area contributed by atoms with Crippen LogP contribution in [0.25, 0.3) is 0 Å². The Kier molecular flexibility index (Phi) is 6.48. The minimum absolute atomic E-state index is 0.187. The van der Waals surface area contributed by atoms with Crippen LogP contribution in [0.1, 0.15) is 20.8 Å². The highest BCUT2D eigenvalue weighted by Gasteiger charge is 2.16. The number of nitrogens with one attached hydrogen (secondary N) is 2. The number of carbonyl (C=O) groups is 2. The lowest BCUT2D eigenvalue weighted by molar-refractivity contribution is -0.115. The molecule has 0 aliphatic heterocycles. The van der Waals surface area contributed by atoms with Gasteiger partial charge in [0.05, 0.1) is 11.4 Å². The Labute approximate surface area is 157 Å². The molecule has 2 aromatic rings. The Balaban J connectivity index is 1.83. The van der Waals surface area contributed by atoms with Crippen molar-refractivity contribution >= 4 is 34.7 Å². The van der Waals surface area contributed by atoms with E-state index in [1.807, 2.05) is 0 Å². The van der Waals surface area contributed by atoms with Crippen molar-refractivity contribution in [2.24, 2.45) is 10.2 Å². The molecule has 0 aliphatic rings. The summed E-state index contributed by atoms with van der Waals surface area (Å²) >= 11 is 0. The summed E-state index contributed by atoms with van der Waals surface area (Å²) in [5.41, 5.74) is 7.57. The van der Waals surface area contributed by atoms with Crippen LogP contribution in [0, 0.1) is 0 Å². The van der Waals surface area contributed by atoms with Gasteiger partial charge in [-0.05, 0) is 69.3 Å². The smallest absolute Gasteiger partial charge is 0.408 e. The molecule has 0 unspecified atom stereocenters. The molecule has 0 heterocycles. The van der Waals surface area contributed by atoms with E-state index in [2.05, 4.69) is 20.9 Å². The SMILES string of the molecule is CC(C)(C)OC(=O)NCC(=O)Nc1ccc(N=Nc2ccc(N)cc2)cc1. The first-order chi connectivity index (χ1) is 12.7. The van der Waals surface area contributed by atoms with Gasteiger partial charge >= 0.3 is 6.09 Å². The second-order valence-electron chi connectivity index (χ2n) is 6.74. The molecule has 2 rings (SSSR count). The third-order valence-electron chi connectivity index (χ3n) is 3.12. The largest absolute Gasteiger partial charge is 0.444 e. The summed E-state index contributed by atoms with van der Waals surface area (Å²) in [5.74, 6) is -0.364. The zero-order valence-electron chi connectivity index (χ0n) is 15.5. The van der Waals surface area contributed by atoms with Crippen molar-refractivity contribution in [3.8, 4) is 0 Å². The van der Waals surface area contributed by atoms with Gasteiger partial charge in [-0.1, -0.05) is 0 Å². The van der Waals surface area contributed by atoms with Crippen molar-refractivity contribution in [2.45, 2.75) is 26.4 Å². The number of anilines is 2. The molecule has 2 aromatic carbocycles. The van der Waals surface area contributed by atoms with E-state index in [1.165, 1.54) is 0 Å². The Hall–Kier alpha value is -3.42. The third-order valence-corrected chi connectivity index (χ3v) is 3.12. The van der Waals surface area contributed by atoms with Crippen LogP contribution in [-0.4, -0.2) is 24.1 Å². The second-order valence-corrected chi connectivity index (χ2v) is 6.74. The molecule has 8 nitrogen and oxygen atoms in total. The predicted octanol–water partition coefficient (Wildman–Crippen LogP) is 4.15. The molecule has 0 saturated carbocycles. The van der Waals surface area contributed by atoms with E-state index >= 15 is 0 Å². The molecule has 0 aromatic heterocycles. The Morgan fingerprint density at radius 2 is 1.48 bits per heavy atom. The van der Waals surface area contributed by atoms with Crippen molar-refractivity contribution in [1.82, 2.24) is 5.32 Å². The first-order valence-corrected chi connectivity index (χ1v) is 8.35. The molecule has 0 bridgehead atoms. The van der Waals surface area contributed by atoms with Crippen LogP contribution in [0.4, 0.5) is 27.5 Å². The number of azo groups is 1. The van der Waals surface area contributed by atoms with Crippen molar-refractivity contribution in [2.75, 3.05) is 17.6 Å². The van der Waals surface area contributed by atoms with Crippen LogP contribution < -0.4 is 16.4 Å². The fourth-order valence-electron chi connectivity index (χ4n) is 1.94. The fraction of sp³-hybridized carbons (Fsp3) is 0.263. The number of nitrogen functional groups attached to an aromatic ring is 1. The van der Waals surface area contributed by atoms with Gasteiger partial charge in [0.1, 0.15) is 12.1 Å². The number of hydrogen-bond acceptors (Lipinski definition) is 6. The van der Waals surface area contributed by atoms with Crippen molar-refractivity contribution in [1.29, 1.82) is 0 Å². The van der Waals surface area contributed by atoms with Gasteiger partial charge in [0.25, 0.3) is 0 Å². The maximum absolute atomic E-state index is 11.9. The van der Waals surface area contributed by atoms with Gasteiger partial charge in [-0.25, -0.2) is 4.79 Å². The minimum atomic E-state index is -0.643. The Morgan fingerprint density at radius 3 is 2.00 bits per heavy atom. The summed E-state index contributed by atoms with van der Waals surface area (Å²) < 4.78 is 5.06. The lowest BCUT2D eigenvalue weighted by Crippen LogP contribution is -2.37. The van der Waals surface area contributed by atoms with Crippen LogP contribution in [0.15, 0.2) is 58.8 Å². The van der Waals surface area contributed by atoms with E-state index in [-0.39, 0.29) is 12.5 Å². The topological polar surface area (TPSA) is 118 Å². The molecule has 0 atom stereocenters. The molecule has 4 N–H and O–H groups in total. The molecule has 2 amide bonds. The molecule has 0 radical (unpaired) electrons. The summed E-state index contributed by atoms with van der Waals surface area (Å²) in [7, 11) is 0. The van der Waals surface area contributed by atoms with Gasteiger partial charge in [-0.2, -0.15) is 10.2 Å². The Bertz CT molecular complexity index is 809. The number of nitrogens with two attached hydrogens (primary N) is 1. The maximum atomic E-state index is 11.9. The van der Waals surface area contributed by atoms with E-state index in [9.17, 15) is 9.59 Å². The fourth-order valence-corrected chi connectivity index (χ4v) is 1.94. The van der Waals surface area contributed by atoms with Crippen molar-refractivity contribution in [3.05, 3.63) is 48.5 Å². The highest BCUT2D eigenvalue weighted by Crippen LogP contribution is 2.21. The number of rotatable bonds is 5. The number of ether oxygens (including phenoxy) is 1. The molecule has 0 saturated heterocycles. The zero-order valence-corrected chi connectivity index (χ0v) is 15.5. The summed E-state index contributed by atoms with van der Waals surface area (Å²) in [6, 6.07) is 13.9. The van der Waals surface area contributed by atoms with Gasteiger partial charge in [-0.15, -0.1) is 0 Å². The molecule has 0 spiro atoms. The number of benzene rings is 2. The lowest BCUT2D eigenvalue weighted by Gasteiger charge is -2.19. The molecule has 142 valence electrons. The normalized spacial score (nSPS) is 11.2. The van der Waals surface area contributed by atoms with Gasteiger partial charge in [0.2, 0.25) is 5.91 Å². The van der Waals surface area contributed by atoms with Crippen LogP contribution >= 0.6 is 0 Å². The summed E-state index contributed by atoms with van der Waals surface area (Å²) in [4.78, 5) is 23.4. The van der Waals surface area contributed by atoms with Crippen LogP contribution in [0.2, 0.25) is 0 Å². The number of amides is 2. The maximum Gasteiger partial charge on any atom is 0.408 e. The van der Waals surface area contributed by atoms with Crippen molar-refractivity contribution < 1.29 is 14.3 Å². The van der Waals surface area contributed by atoms with Gasteiger partial charge < -0.3 is 21.1 Å². The average Bonchev–Trinajstić information content (AvgIpc) is 2.59. The molecule has 27 heavy (non-hydrogen) atoms. The van der Waals surface area contributed by atoms with Crippen LogP contribution in [-0.2, 0) is 9.53 Å². The highest BCUT2D eigenvalue weighted by molar-refractivity contribution is 5.93. The van der Waals surface area contributed by atoms with Crippen LogP contribution in [0.3, 0.4) is 0 Å². The number of hydrogen-bond donors (Lipinski definition) is 3. The summed E-state index contributed by atoms with van der Waals surface area (Å²) in [5, 5.41) is 13.3. The van der Waals surface area contributed by atoms with E-state index in [0.29, 0.717) is 22.7 Å². The standard InChI is InChI=1S/C19H23N5O3/c1-19(2,3)27-18(26)21-12-17(25)22-14-8-10-16(11-9-14)24-23-15-6-4-13(20)5-7-15/h4-11H,12,20H2,1-3H3,(H,21,26)(H,22,25). The first kappa shape index (κ1) is 19.9. The quantitative estimate of drug-likeness (QED) is 0.542. The second kappa shape index (κ2) is 8.79. The van der Waals surface area contributed by atoms with E-state index in [1.54, 1.807) is 69.3 Å². The third kappa shape index (κ3) is 7.55. The summed E-state index contributed by atoms with van der Waals surface area (Å²) in [6.07, 6.45) is -0.643. The number of carbonyl (C=O) groups excluding carboxylic acids is 2. The van der Waals surface area contributed by atoms with Gasteiger partial charge in [0, 0.05) is 11.4 Å². The highest BCUT2D eigenvalue weighted by atomic mass is 16.6. The zero-order chi connectivity index (χ0) is 19.9. The lowest BCUT2D eigenvalue weighted by atomic mass is 10.2. The van der Waals surface area contributed by atoms with Crippen LogP contribution in [0.5, 0.6) is 0 Å². The number of alkyl carbamates (subject to hydrolysis) is 1. The van der Waals surface area contributed by atoms with Gasteiger partial charge in [-0.3, -0.25) is 4.79 Å². The molecule has 0 aliphatic carbocycles. The van der Waals surface area contributed by atoms with Gasteiger partial charge in [0.15, 0.2) is 0 Å². The van der Waals surface area contributed by atoms with E-state index in [0.717, 1.165) is 0 Å². The molecular weight excluding hydrogens is 346 g/mol. The monoisotopic (exact) mass is 369 g/mol. The Morgan fingerprint density at radius 1 is 0.963 bits per heavy atom. The molecular formula is C19H23N5O3. The minimum Gasteiger partial charge on any atom is -0.444 e. The van der Waals surface area contributed by atoms with E-state index in [4.69, 9.17) is 10.5 Å².